The molecule has 4 heteroatoms. The van der Waals surface area contributed by atoms with Crippen LogP contribution in [0.15, 0.2) is 42.6 Å². The lowest BCUT2D eigenvalue weighted by molar-refractivity contribution is 0.414. The summed E-state index contributed by atoms with van der Waals surface area (Å²) < 4.78 is 5.48. The normalized spacial score (nSPS) is 10.4. The number of methoxy groups -OCH3 is 1. The van der Waals surface area contributed by atoms with E-state index in [1.54, 1.807) is 7.11 Å². The molecule has 1 heterocycles. The number of anilines is 1. The lowest BCUT2D eigenvalue weighted by Crippen LogP contribution is -2.27. The fraction of sp³-hybridized carbons (Fsp3) is 0.353. The van der Waals surface area contributed by atoms with Crippen LogP contribution >= 0.6 is 0 Å². The van der Waals surface area contributed by atoms with Crippen LogP contribution in [-0.4, -0.2) is 25.2 Å². The predicted molar refractivity (Wildman–Crippen MR) is 86.7 cm³/mol. The molecule has 0 radical (unpaired) electrons. The summed E-state index contributed by atoms with van der Waals surface area (Å²) in [6, 6.07) is 12.1. The number of nitrogens with zero attached hydrogens (tertiary/aromatic N) is 2. The van der Waals surface area contributed by atoms with Crippen molar-refractivity contribution in [2.45, 2.75) is 19.9 Å². The second kappa shape index (κ2) is 7.64. The Morgan fingerprint density at radius 1 is 1.19 bits per heavy atom. The van der Waals surface area contributed by atoms with Crippen molar-refractivity contribution in [1.82, 2.24) is 4.98 Å². The lowest BCUT2D eigenvalue weighted by Gasteiger charge is -2.26. The fourth-order valence-electron chi connectivity index (χ4n) is 2.32. The van der Waals surface area contributed by atoms with Crippen molar-refractivity contribution in [2.75, 3.05) is 25.1 Å². The van der Waals surface area contributed by atoms with Gasteiger partial charge < -0.3 is 15.4 Å². The highest BCUT2D eigenvalue weighted by atomic mass is 16.5. The number of para-hydroxylation sites is 2. The molecule has 2 N–H and O–H groups in total. The van der Waals surface area contributed by atoms with Crippen molar-refractivity contribution < 1.29 is 4.74 Å². The monoisotopic (exact) mass is 285 g/mol. The number of rotatable bonds is 7. The van der Waals surface area contributed by atoms with E-state index in [1.807, 2.05) is 30.5 Å². The molecule has 0 unspecified atom stereocenters. The van der Waals surface area contributed by atoms with Crippen LogP contribution in [0.1, 0.15) is 17.7 Å². The van der Waals surface area contributed by atoms with E-state index in [-0.39, 0.29) is 0 Å². The third kappa shape index (κ3) is 3.95. The number of ether oxygens (including phenoxy) is 1. The van der Waals surface area contributed by atoms with Crippen LogP contribution in [0.5, 0.6) is 5.75 Å². The molecule has 0 aliphatic heterocycles. The first-order valence-electron chi connectivity index (χ1n) is 7.24. The molecule has 0 amide bonds. The average Bonchev–Trinajstić information content (AvgIpc) is 2.53. The summed E-state index contributed by atoms with van der Waals surface area (Å²) >= 11 is 0. The maximum Gasteiger partial charge on any atom is 0.142 e. The van der Waals surface area contributed by atoms with Gasteiger partial charge in [-0.25, -0.2) is 0 Å². The third-order valence-electron chi connectivity index (χ3n) is 3.52. The molecule has 4 nitrogen and oxygen atoms in total. The Labute approximate surface area is 126 Å². The van der Waals surface area contributed by atoms with E-state index in [0.717, 1.165) is 36.6 Å². The van der Waals surface area contributed by atoms with E-state index in [0.29, 0.717) is 6.54 Å². The number of benzene rings is 1. The summed E-state index contributed by atoms with van der Waals surface area (Å²) in [5.74, 6) is 0.878. The molecule has 0 saturated carbocycles. The number of aryl methyl sites for hydroxylation is 1. The van der Waals surface area contributed by atoms with Gasteiger partial charge in [-0.05, 0) is 43.7 Å². The van der Waals surface area contributed by atoms with Crippen LogP contribution in [0.4, 0.5) is 5.69 Å². The molecule has 0 aliphatic rings. The van der Waals surface area contributed by atoms with Crippen molar-refractivity contribution in [2.24, 2.45) is 5.73 Å². The third-order valence-corrected chi connectivity index (χ3v) is 3.52. The van der Waals surface area contributed by atoms with Gasteiger partial charge in [0.25, 0.3) is 0 Å². The van der Waals surface area contributed by atoms with Gasteiger partial charge in [0.1, 0.15) is 5.75 Å². The van der Waals surface area contributed by atoms with Crippen molar-refractivity contribution in [3.8, 4) is 5.75 Å². The number of hydrogen-bond donors (Lipinski definition) is 1. The summed E-state index contributed by atoms with van der Waals surface area (Å²) in [7, 11) is 1.70. The van der Waals surface area contributed by atoms with Crippen LogP contribution in [-0.2, 0) is 6.54 Å². The molecule has 0 saturated heterocycles. The Bertz CT molecular complexity index is 571. The molecule has 0 bridgehead atoms. The molecule has 0 atom stereocenters. The molecule has 2 aromatic rings. The zero-order valence-electron chi connectivity index (χ0n) is 12.7. The van der Waals surface area contributed by atoms with Crippen LogP contribution in [0, 0.1) is 6.92 Å². The van der Waals surface area contributed by atoms with Crippen LogP contribution in [0.25, 0.3) is 0 Å². The number of hydrogen-bond acceptors (Lipinski definition) is 4. The van der Waals surface area contributed by atoms with Crippen molar-refractivity contribution in [3.63, 3.8) is 0 Å². The Morgan fingerprint density at radius 2 is 2.00 bits per heavy atom. The van der Waals surface area contributed by atoms with Gasteiger partial charge in [-0.3, -0.25) is 4.98 Å². The average molecular weight is 285 g/mol. The summed E-state index contributed by atoms with van der Waals surface area (Å²) in [4.78, 5) is 6.77. The minimum atomic E-state index is 0.673. The molecule has 0 spiro atoms. The van der Waals surface area contributed by atoms with Gasteiger partial charge in [0.05, 0.1) is 25.0 Å². The minimum Gasteiger partial charge on any atom is -0.495 e. The SMILES string of the molecule is COc1ccccc1N(CCCN)Cc1ncccc1C. The maximum atomic E-state index is 5.68. The van der Waals surface area contributed by atoms with E-state index in [1.165, 1.54) is 5.56 Å². The highest BCUT2D eigenvalue weighted by Crippen LogP contribution is 2.29. The van der Waals surface area contributed by atoms with Crippen LogP contribution < -0.4 is 15.4 Å². The molecule has 0 fully saturated rings. The van der Waals surface area contributed by atoms with Gasteiger partial charge in [-0.1, -0.05) is 18.2 Å². The van der Waals surface area contributed by atoms with Gasteiger partial charge in [0, 0.05) is 12.7 Å². The minimum absolute atomic E-state index is 0.673. The van der Waals surface area contributed by atoms with E-state index >= 15 is 0 Å². The Morgan fingerprint density at radius 3 is 2.71 bits per heavy atom. The summed E-state index contributed by atoms with van der Waals surface area (Å²) in [6.45, 7) is 4.40. The summed E-state index contributed by atoms with van der Waals surface area (Å²) in [6.07, 6.45) is 2.77. The first kappa shape index (κ1) is 15.3. The highest BCUT2D eigenvalue weighted by Gasteiger charge is 2.13. The van der Waals surface area contributed by atoms with E-state index in [9.17, 15) is 0 Å². The second-order valence-electron chi connectivity index (χ2n) is 5.00. The van der Waals surface area contributed by atoms with Gasteiger partial charge in [-0.2, -0.15) is 0 Å². The van der Waals surface area contributed by atoms with E-state index in [4.69, 9.17) is 10.5 Å². The van der Waals surface area contributed by atoms with Gasteiger partial charge >= 0.3 is 0 Å². The molecule has 112 valence electrons. The maximum absolute atomic E-state index is 5.68. The Balaban J connectivity index is 2.28. The smallest absolute Gasteiger partial charge is 0.142 e. The van der Waals surface area contributed by atoms with Gasteiger partial charge in [0.2, 0.25) is 0 Å². The molecule has 2 rings (SSSR count). The van der Waals surface area contributed by atoms with Gasteiger partial charge in [-0.15, -0.1) is 0 Å². The zero-order chi connectivity index (χ0) is 15.1. The van der Waals surface area contributed by atoms with Crippen molar-refractivity contribution >= 4 is 5.69 Å². The second-order valence-corrected chi connectivity index (χ2v) is 5.00. The zero-order valence-corrected chi connectivity index (χ0v) is 12.7. The summed E-state index contributed by atoms with van der Waals surface area (Å²) in [5, 5.41) is 0. The Hall–Kier alpha value is -2.07. The van der Waals surface area contributed by atoms with Crippen LogP contribution in [0.2, 0.25) is 0 Å². The highest BCUT2D eigenvalue weighted by molar-refractivity contribution is 5.58. The number of pyridine rings is 1. The van der Waals surface area contributed by atoms with Crippen LogP contribution in [0.3, 0.4) is 0 Å². The quantitative estimate of drug-likeness (QED) is 0.850. The predicted octanol–water partition coefficient (Wildman–Crippen LogP) is 2.75. The standard InChI is InChI=1S/C17H23N3O/c1-14-7-5-11-19-15(14)13-20(12-6-10-18)16-8-3-4-9-17(16)21-2/h3-5,7-9,11H,6,10,12-13,18H2,1-2H3. The molecule has 1 aromatic carbocycles. The van der Waals surface area contributed by atoms with E-state index in [2.05, 4.69) is 28.9 Å². The first-order chi connectivity index (χ1) is 10.3. The van der Waals surface area contributed by atoms with Crippen molar-refractivity contribution in [3.05, 3.63) is 53.9 Å². The number of aromatic nitrogens is 1. The first-order valence-corrected chi connectivity index (χ1v) is 7.24. The topological polar surface area (TPSA) is 51.4 Å². The fourth-order valence-corrected chi connectivity index (χ4v) is 2.32. The van der Waals surface area contributed by atoms with Gasteiger partial charge in [0.15, 0.2) is 0 Å². The molecule has 0 aliphatic carbocycles. The molecule has 21 heavy (non-hydrogen) atoms. The number of nitrogens with two attached hydrogens (primary N) is 1. The lowest BCUT2D eigenvalue weighted by atomic mass is 10.2. The largest absolute Gasteiger partial charge is 0.495 e. The van der Waals surface area contributed by atoms with Crippen molar-refractivity contribution in [1.29, 1.82) is 0 Å². The molecular formula is C17H23N3O. The Kier molecular flexibility index (Phi) is 5.58. The summed E-state index contributed by atoms with van der Waals surface area (Å²) in [5.41, 5.74) is 9.04. The molecule has 1 aromatic heterocycles. The van der Waals surface area contributed by atoms with E-state index < -0.39 is 0 Å². The molecular weight excluding hydrogens is 262 g/mol.